The second-order valence-corrected chi connectivity index (χ2v) is 6.38. The predicted octanol–water partition coefficient (Wildman–Crippen LogP) is 4.09. The highest BCUT2D eigenvalue weighted by Crippen LogP contribution is 2.45. The number of benzene rings is 1. The Bertz CT molecular complexity index is 620. The average Bonchev–Trinajstić information content (AvgIpc) is 2.85. The number of methoxy groups -OCH3 is 2. The zero-order chi connectivity index (χ0) is 14.9. The van der Waals surface area contributed by atoms with Gasteiger partial charge in [0.1, 0.15) is 21.6 Å². The number of thiophene rings is 1. The topological polar surface area (TPSA) is 38.7 Å². The van der Waals surface area contributed by atoms with Gasteiger partial charge < -0.3 is 14.6 Å². The first-order valence-electron chi connectivity index (χ1n) is 6.11. The fourth-order valence-electron chi connectivity index (χ4n) is 2.27. The number of aryl methyl sites for hydroxylation is 1. The van der Waals surface area contributed by atoms with Gasteiger partial charge in [-0.25, -0.2) is 0 Å². The molecule has 1 unspecified atom stereocenters. The van der Waals surface area contributed by atoms with Crippen molar-refractivity contribution in [2.24, 2.45) is 0 Å². The Kier molecular flexibility index (Phi) is 4.42. The van der Waals surface area contributed by atoms with Gasteiger partial charge in [-0.3, -0.25) is 0 Å². The number of halogens is 1. The lowest BCUT2D eigenvalue weighted by atomic mass is 9.91. The number of aliphatic hydroxyl groups is 1. The number of hydrogen-bond acceptors (Lipinski definition) is 4. The molecule has 0 aliphatic carbocycles. The Labute approximate surface area is 131 Å². The van der Waals surface area contributed by atoms with Gasteiger partial charge in [-0.05, 0) is 58.9 Å². The molecule has 0 fully saturated rings. The maximum Gasteiger partial charge on any atom is 0.143 e. The zero-order valence-electron chi connectivity index (χ0n) is 11.9. The van der Waals surface area contributed by atoms with Gasteiger partial charge in [-0.2, -0.15) is 0 Å². The van der Waals surface area contributed by atoms with Crippen molar-refractivity contribution in [2.75, 3.05) is 14.2 Å². The molecule has 0 aliphatic rings. The van der Waals surface area contributed by atoms with E-state index in [-0.39, 0.29) is 0 Å². The number of ether oxygens (including phenoxy) is 2. The fraction of sp³-hybridized carbons (Fsp3) is 0.333. The maximum absolute atomic E-state index is 11.0. The highest BCUT2D eigenvalue weighted by Gasteiger charge is 2.33. The largest absolute Gasteiger partial charge is 0.495 e. The molecule has 0 spiro atoms. The fourth-order valence-corrected chi connectivity index (χ4v) is 3.94. The summed E-state index contributed by atoms with van der Waals surface area (Å²) in [4.78, 5) is 0.910. The lowest BCUT2D eigenvalue weighted by Crippen LogP contribution is -2.23. The van der Waals surface area contributed by atoms with E-state index in [0.717, 1.165) is 10.4 Å². The Morgan fingerprint density at radius 3 is 2.40 bits per heavy atom. The van der Waals surface area contributed by atoms with Crippen LogP contribution in [0, 0.1) is 6.92 Å². The highest BCUT2D eigenvalue weighted by molar-refractivity contribution is 9.10. The van der Waals surface area contributed by atoms with Crippen LogP contribution in [0.2, 0.25) is 0 Å². The second kappa shape index (κ2) is 5.76. The first-order chi connectivity index (χ1) is 9.43. The van der Waals surface area contributed by atoms with Crippen molar-refractivity contribution in [3.63, 3.8) is 0 Å². The molecule has 0 bridgehead atoms. The minimum Gasteiger partial charge on any atom is -0.495 e. The molecule has 1 N–H and O–H groups in total. The van der Waals surface area contributed by atoms with Gasteiger partial charge in [0.2, 0.25) is 0 Å². The van der Waals surface area contributed by atoms with Crippen LogP contribution in [0.4, 0.5) is 0 Å². The molecule has 0 radical (unpaired) electrons. The lowest BCUT2D eigenvalue weighted by Gasteiger charge is -2.26. The average molecular weight is 357 g/mol. The van der Waals surface area contributed by atoms with Crippen molar-refractivity contribution in [3.05, 3.63) is 44.1 Å². The SMILES string of the molecule is COc1ccc(C(C)(O)c2sccc2C)c(OC)c1Br. The number of rotatable bonds is 4. The third-order valence-electron chi connectivity index (χ3n) is 3.31. The Hall–Kier alpha value is -1.04. The maximum atomic E-state index is 11.0. The molecular formula is C15H17BrO3S. The van der Waals surface area contributed by atoms with Crippen molar-refractivity contribution in [1.82, 2.24) is 0 Å². The van der Waals surface area contributed by atoms with Crippen LogP contribution in [-0.2, 0) is 5.60 Å². The molecule has 1 heterocycles. The van der Waals surface area contributed by atoms with Gasteiger partial charge in [0.25, 0.3) is 0 Å². The molecule has 2 aromatic rings. The summed E-state index contributed by atoms with van der Waals surface area (Å²) >= 11 is 5.00. The molecular weight excluding hydrogens is 340 g/mol. The van der Waals surface area contributed by atoms with Crippen LogP contribution >= 0.6 is 27.3 Å². The van der Waals surface area contributed by atoms with E-state index in [4.69, 9.17) is 9.47 Å². The van der Waals surface area contributed by atoms with E-state index in [0.29, 0.717) is 21.5 Å². The van der Waals surface area contributed by atoms with E-state index >= 15 is 0 Å². The van der Waals surface area contributed by atoms with Gasteiger partial charge in [0.05, 0.1) is 14.2 Å². The zero-order valence-corrected chi connectivity index (χ0v) is 14.3. The van der Waals surface area contributed by atoms with Crippen LogP contribution in [0.5, 0.6) is 11.5 Å². The van der Waals surface area contributed by atoms with E-state index < -0.39 is 5.60 Å². The van der Waals surface area contributed by atoms with Crippen LogP contribution in [-0.4, -0.2) is 19.3 Å². The van der Waals surface area contributed by atoms with Gasteiger partial charge in [0.15, 0.2) is 0 Å². The molecule has 1 atom stereocenters. The summed E-state index contributed by atoms with van der Waals surface area (Å²) in [7, 11) is 3.18. The third-order valence-corrected chi connectivity index (χ3v) is 5.29. The molecule has 3 nitrogen and oxygen atoms in total. The molecule has 0 amide bonds. The highest BCUT2D eigenvalue weighted by atomic mass is 79.9. The predicted molar refractivity (Wildman–Crippen MR) is 85.0 cm³/mol. The van der Waals surface area contributed by atoms with Crippen LogP contribution in [0.1, 0.15) is 22.9 Å². The van der Waals surface area contributed by atoms with Gasteiger partial charge in [-0.15, -0.1) is 11.3 Å². The van der Waals surface area contributed by atoms with E-state index in [1.807, 2.05) is 30.5 Å². The first-order valence-corrected chi connectivity index (χ1v) is 7.78. The van der Waals surface area contributed by atoms with E-state index in [2.05, 4.69) is 15.9 Å². The van der Waals surface area contributed by atoms with Crippen LogP contribution in [0.25, 0.3) is 0 Å². The summed E-state index contributed by atoms with van der Waals surface area (Å²) in [5.74, 6) is 1.26. The van der Waals surface area contributed by atoms with Crippen LogP contribution in [0.3, 0.4) is 0 Å². The molecule has 108 valence electrons. The van der Waals surface area contributed by atoms with Crippen molar-refractivity contribution < 1.29 is 14.6 Å². The van der Waals surface area contributed by atoms with Crippen molar-refractivity contribution in [2.45, 2.75) is 19.4 Å². The molecule has 1 aromatic carbocycles. The summed E-state index contributed by atoms with van der Waals surface area (Å²) in [6, 6.07) is 5.65. The Balaban J connectivity index is 2.63. The Morgan fingerprint density at radius 1 is 1.20 bits per heavy atom. The summed E-state index contributed by atoms with van der Waals surface area (Å²) in [6.07, 6.45) is 0. The quantitative estimate of drug-likeness (QED) is 0.896. The van der Waals surface area contributed by atoms with Crippen molar-refractivity contribution >= 4 is 27.3 Å². The van der Waals surface area contributed by atoms with Gasteiger partial charge in [0, 0.05) is 10.4 Å². The normalized spacial score (nSPS) is 13.9. The molecule has 1 aromatic heterocycles. The first kappa shape index (κ1) is 15.4. The third kappa shape index (κ3) is 2.45. The minimum absolute atomic E-state index is 0.585. The van der Waals surface area contributed by atoms with Crippen molar-refractivity contribution in [1.29, 1.82) is 0 Å². The van der Waals surface area contributed by atoms with E-state index in [1.165, 1.54) is 11.3 Å². The molecule has 0 aliphatic heterocycles. The van der Waals surface area contributed by atoms with Crippen LogP contribution < -0.4 is 9.47 Å². The molecule has 5 heteroatoms. The molecule has 20 heavy (non-hydrogen) atoms. The van der Waals surface area contributed by atoms with E-state index in [1.54, 1.807) is 21.1 Å². The standard InChI is InChI=1S/C15H17BrO3S/c1-9-7-8-20-14(9)15(2,17)10-5-6-11(18-3)12(16)13(10)19-4/h5-8,17H,1-4H3. The van der Waals surface area contributed by atoms with Crippen molar-refractivity contribution in [3.8, 4) is 11.5 Å². The monoisotopic (exact) mass is 356 g/mol. The Morgan fingerprint density at radius 2 is 1.90 bits per heavy atom. The smallest absolute Gasteiger partial charge is 0.143 e. The summed E-state index contributed by atoms with van der Waals surface area (Å²) in [5, 5.41) is 13.0. The molecule has 0 saturated carbocycles. The summed E-state index contributed by atoms with van der Waals surface area (Å²) in [5.41, 5.74) is 0.658. The minimum atomic E-state index is -1.11. The summed E-state index contributed by atoms with van der Waals surface area (Å²) in [6.45, 7) is 3.77. The molecule has 2 rings (SSSR count). The van der Waals surface area contributed by atoms with Gasteiger partial charge in [-0.1, -0.05) is 0 Å². The summed E-state index contributed by atoms with van der Waals surface area (Å²) < 4.78 is 11.4. The second-order valence-electron chi connectivity index (χ2n) is 4.67. The molecule has 0 saturated heterocycles. The van der Waals surface area contributed by atoms with E-state index in [9.17, 15) is 5.11 Å². The lowest BCUT2D eigenvalue weighted by molar-refractivity contribution is 0.102. The van der Waals surface area contributed by atoms with Gasteiger partial charge >= 0.3 is 0 Å². The number of hydrogen-bond donors (Lipinski definition) is 1. The van der Waals surface area contributed by atoms with Crippen LogP contribution in [0.15, 0.2) is 28.1 Å².